The molecule has 0 aliphatic heterocycles. The van der Waals surface area contributed by atoms with Crippen LogP contribution < -0.4 is 10.6 Å². The quantitative estimate of drug-likeness (QED) is 0.0494. The third-order valence-electron chi connectivity index (χ3n) is 16.0. The van der Waals surface area contributed by atoms with E-state index in [0.717, 1.165) is 36.7 Å². The van der Waals surface area contributed by atoms with Crippen molar-refractivity contribution in [2.75, 3.05) is 25.0 Å². The van der Waals surface area contributed by atoms with Gasteiger partial charge in [-0.05, 0) is 129 Å². The van der Waals surface area contributed by atoms with Crippen LogP contribution in [0.5, 0.6) is 0 Å². The molecule has 15 nitrogen and oxygen atoms in total. The lowest BCUT2D eigenvalue weighted by Crippen LogP contribution is -2.53. The number of para-hydroxylation sites is 1. The molecule has 8 atom stereocenters. The fourth-order valence-corrected chi connectivity index (χ4v) is 14.5. The van der Waals surface area contributed by atoms with E-state index in [1.165, 1.54) is 91.2 Å². The van der Waals surface area contributed by atoms with Gasteiger partial charge in [0.05, 0.1) is 20.8 Å². The molecule has 2 aromatic rings. The molecule has 2 N–H and O–H groups in total. The molecule has 0 heterocycles. The van der Waals surface area contributed by atoms with Crippen molar-refractivity contribution in [2.45, 2.75) is 148 Å². The molecule has 2 aromatic carbocycles. The minimum absolute atomic E-state index is 0.0113. The maximum absolute atomic E-state index is 14.6. The number of amides is 1. The summed E-state index contributed by atoms with van der Waals surface area (Å²) in [6, 6.07) is 8.63. The summed E-state index contributed by atoms with van der Waals surface area (Å²) in [6.45, 7) is 12.9. The number of sulfonamides is 1. The number of unbranched alkanes of at least 4 members (excludes halogenated alkanes) is 2. The van der Waals surface area contributed by atoms with E-state index in [-0.39, 0.29) is 58.8 Å². The molecule has 0 spiro atoms. The number of benzene rings is 2. The summed E-state index contributed by atoms with van der Waals surface area (Å²) >= 11 is 0. The minimum atomic E-state index is -4.28. The number of nitrogens with one attached hydrogen (secondary N) is 2. The molecular formula is C48H70N6O9S. The number of carbonyl (C=O) groups is 1. The van der Waals surface area contributed by atoms with Crippen molar-refractivity contribution < 1.29 is 28.0 Å². The van der Waals surface area contributed by atoms with E-state index in [4.69, 9.17) is 0 Å². The Labute approximate surface area is 379 Å². The third-order valence-corrected chi connectivity index (χ3v) is 18.0. The second-order valence-corrected chi connectivity index (χ2v) is 22.0. The van der Waals surface area contributed by atoms with Gasteiger partial charge in [0.15, 0.2) is 4.90 Å². The number of nitro groups is 3. The highest BCUT2D eigenvalue weighted by molar-refractivity contribution is 7.89. The lowest BCUT2D eigenvalue weighted by molar-refractivity contribution is -0.393. The molecule has 0 radical (unpaired) electrons. The zero-order valence-electron chi connectivity index (χ0n) is 38.5. The monoisotopic (exact) mass is 906 g/mol. The van der Waals surface area contributed by atoms with Crippen LogP contribution in [-0.4, -0.2) is 59.1 Å². The van der Waals surface area contributed by atoms with Crippen LogP contribution in [-0.2, 0) is 14.8 Å². The zero-order chi connectivity index (χ0) is 46.4. The maximum Gasteiger partial charge on any atom is 0.299 e. The van der Waals surface area contributed by atoms with Gasteiger partial charge in [-0.1, -0.05) is 84.1 Å². The Balaban J connectivity index is 1.06. The standard InChI is InChI=1S/C48H70N6O9S/c1-33(2)13-11-14-34(3)39-21-22-40-38-20-18-35-31-36(24-26-47(35,4)41(38)25-27-48(39,40)5)51(64(62,63)45-16-9-8-15-43(45)53(58)59)30-12-29-50-46(55)17-7-6-10-28-49-42-23-19-37(52(56)57)32-44(42)54(60)61/h8-9,15-16,18-19,23,32-34,36,38-41,49H,6-7,10-14,17,20-22,24-31H2,1-5H3,(H,50,55)/t34-,36+,38?,39-,40?,41?,47+,48-/m1/s1. The third kappa shape index (κ3) is 10.6. The highest BCUT2D eigenvalue weighted by Crippen LogP contribution is 2.67. The van der Waals surface area contributed by atoms with E-state index in [1.807, 2.05) is 0 Å². The summed E-state index contributed by atoms with van der Waals surface area (Å²) in [5.74, 6) is 3.97. The number of allylic oxidation sites excluding steroid dienone is 1. The van der Waals surface area contributed by atoms with E-state index in [9.17, 15) is 43.6 Å². The molecule has 1 amide bonds. The van der Waals surface area contributed by atoms with Crippen LogP contribution in [0.25, 0.3) is 0 Å². The number of nitro benzene ring substituents is 3. The normalized spacial score (nSPS) is 26.9. The molecule has 16 heteroatoms. The van der Waals surface area contributed by atoms with E-state index in [2.05, 4.69) is 51.3 Å². The Morgan fingerprint density at radius 2 is 1.58 bits per heavy atom. The number of anilines is 1. The Hall–Kier alpha value is -4.44. The average molecular weight is 907 g/mol. The van der Waals surface area contributed by atoms with Crippen LogP contribution in [0, 0.1) is 76.7 Å². The molecule has 4 aliphatic carbocycles. The van der Waals surface area contributed by atoms with Gasteiger partial charge in [-0.2, -0.15) is 4.31 Å². The van der Waals surface area contributed by atoms with Gasteiger partial charge in [0.25, 0.3) is 17.1 Å². The fraction of sp³-hybridized carbons (Fsp3) is 0.688. The Morgan fingerprint density at radius 3 is 2.30 bits per heavy atom. The summed E-state index contributed by atoms with van der Waals surface area (Å²) in [6.07, 6.45) is 17.0. The molecule has 0 bridgehead atoms. The molecular weight excluding hydrogens is 837 g/mol. The van der Waals surface area contributed by atoms with Crippen LogP contribution in [0.1, 0.15) is 137 Å². The first kappa shape index (κ1) is 49.0. The molecule has 352 valence electrons. The lowest BCUT2D eigenvalue weighted by atomic mass is 9.47. The van der Waals surface area contributed by atoms with Gasteiger partial charge < -0.3 is 10.6 Å². The summed E-state index contributed by atoms with van der Waals surface area (Å²) in [4.78, 5) is 45.1. The van der Waals surface area contributed by atoms with E-state index in [1.54, 1.807) is 0 Å². The summed E-state index contributed by atoms with van der Waals surface area (Å²) in [7, 11) is -4.28. The van der Waals surface area contributed by atoms with Crippen molar-refractivity contribution in [3.63, 3.8) is 0 Å². The lowest BCUT2D eigenvalue weighted by Gasteiger charge is -2.59. The van der Waals surface area contributed by atoms with Crippen LogP contribution in [0.15, 0.2) is 59.0 Å². The van der Waals surface area contributed by atoms with E-state index < -0.39 is 30.5 Å². The highest BCUT2D eigenvalue weighted by atomic mass is 32.2. The Bertz CT molecular complexity index is 2170. The molecule has 3 saturated carbocycles. The first-order chi connectivity index (χ1) is 30.4. The molecule has 0 aromatic heterocycles. The number of rotatable bonds is 22. The topological polar surface area (TPSA) is 208 Å². The number of hydrogen-bond acceptors (Lipinski definition) is 10. The smallest absolute Gasteiger partial charge is 0.299 e. The molecule has 6 rings (SSSR count). The van der Waals surface area contributed by atoms with Gasteiger partial charge in [-0.25, -0.2) is 8.42 Å². The number of carbonyl (C=O) groups excluding carboxylic acids is 1. The van der Waals surface area contributed by atoms with Gasteiger partial charge in [0, 0.05) is 44.2 Å². The van der Waals surface area contributed by atoms with Crippen molar-refractivity contribution in [2.24, 2.45) is 46.3 Å². The van der Waals surface area contributed by atoms with Crippen LogP contribution in [0.3, 0.4) is 0 Å². The summed E-state index contributed by atoms with van der Waals surface area (Å²) < 4.78 is 30.6. The number of non-ortho nitro benzene ring substituents is 1. The van der Waals surface area contributed by atoms with Crippen molar-refractivity contribution >= 4 is 38.7 Å². The predicted molar refractivity (Wildman–Crippen MR) is 248 cm³/mol. The first-order valence-electron chi connectivity index (χ1n) is 23.8. The molecule has 64 heavy (non-hydrogen) atoms. The number of nitrogens with zero attached hydrogens (tertiary/aromatic N) is 4. The second kappa shape index (κ2) is 20.8. The summed E-state index contributed by atoms with van der Waals surface area (Å²) in [5.41, 5.74) is 0.682. The number of hydrogen-bond donors (Lipinski definition) is 2. The van der Waals surface area contributed by atoms with E-state index >= 15 is 0 Å². The van der Waals surface area contributed by atoms with Gasteiger partial charge in [0.1, 0.15) is 5.69 Å². The fourth-order valence-electron chi connectivity index (χ4n) is 12.7. The zero-order valence-corrected chi connectivity index (χ0v) is 39.3. The van der Waals surface area contributed by atoms with Crippen molar-refractivity contribution in [3.05, 3.63) is 84.5 Å². The Kier molecular flexibility index (Phi) is 15.9. The highest BCUT2D eigenvalue weighted by Gasteiger charge is 2.59. The van der Waals surface area contributed by atoms with Crippen molar-refractivity contribution in [3.8, 4) is 0 Å². The SMILES string of the molecule is CC(C)CCC[C@@H](C)[C@H]1CCC2C3CC=C4C[C@@H](N(CCCNC(=O)CCCCCNc5ccc([N+](=O)[O-])cc5[N+](=O)[O-])S(=O)(=O)c5ccccc5[N+](=O)[O-])CC[C@]4(C)C3CC[C@@]21C. The van der Waals surface area contributed by atoms with Crippen LogP contribution in [0.4, 0.5) is 22.7 Å². The second-order valence-electron chi connectivity index (χ2n) is 20.2. The molecule has 3 unspecified atom stereocenters. The predicted octanol–water partition coefficient (Wildman–Crippen LogP) is 11.0. The summed E-state index contributed by atoms with van der Waals surface area (Å²) in [5, 5.41) is 40.4. The minimum Gasteiger partial charge on any atom is -0.379 e. The van der Waals surface area contributed by atoms with Gasteiger partial charge in [-0.15, -0.1) is 0 Å². The maximum atomic E-state index is 14.6. The first-order valence-corrected chi connectivity index (χ1v) is 25.2. The molecule has 3 fully saturated rings. The molecule has 0 saturated heterocycles. The average Bonchev–Trinajstić information content (AvgIpc) is 3.61. The van der Waals surface area contributed by atoms with Crippen molar-refractivity contribution in [1.29, 1.82) is 0 Å². The largest absolute Gasteiger partial charge is 0.379 e. The number of fused-ring (bicyclic) bond motifs is 5. The van der Waals surface area contributed by atoms with Gasteiger partial charge in [-0.3, -0.25) is 35.1 Å². The van der Waals surface area contributed by atoms with Gasteiger partial charge in [0.2, 0.25) is 15.9 Å². The van der Waals surface area contributed by atoms with Gasteiger partial charge >= 0.3 is 0 Å². The molecule has 4 aliphatic rings. The van der Waals surface area contributed by atoms with E-state index in [0.29, 0.717) is 68.2 Å². The van der Waals surface area contributed by atoms with Crippen LogP contribution in [0.2, 0.25) is 0 Å². The van der Waals surface area contributed by atoms with Crippen molar-refractivity contribution in [1.82, 2.24) is 9.62 Å². The Morgan fingerprint density at radius 1 is 0.828 bits per heavy atom. The van der Waals surface area contributed by atoms with Crippen LogP contribution >= 0.6 is 0 Å².